The molecule has 1 N–H and O–H groups in total. The fraction of sp³-hybridized carbons (Fsp3) is 0.700. The Morgan fingerprint density at radius 1 is 0.864 bits per heavy atom. The van der Waals surface area contributed by atoms with E-state index < -0.39 is 0 Å². The molecule has 1 aromatic rings. The lowest BCUT2D eigenvalue weighted by atomic mass is 10.1. The van der Waals surface area contributed by atoms with Crippen LogP contribution in [0.25, 0.3) is 0 Å². The molecule has 0 aromatic heterocycles. The molecular weight excluding hydrogens is 288 g/mol. The van der Waals surface area contributed by atoms with Gasteiger partial charge in [0.1, 0.15) is 5.75 Å². The molecule has 0 aliphatic carbocycles. The van der Waals surface area contributed by atoms with Crippen LogP contribution >= 0.6 is 11.8 Å². The average molecular weight is 323 g/mol. The highest BCUT2D eigenvalue weighted by atomic mass is 32.2. The van der Waals surface area contributed by atoms with Gasteiger partial charge in [0.2, 0.25) is 0 Å². The van der Waals surface area contributed by atoms with Gasteiger partial charge in [-0.1, -0.05) is 76.8 Å². The molecule has 0 bridgehead atoms. The Morgan fingerprint density at radius 3 is 2.05 bits per heavy atom. The number of aryl methyl sites for hydroxylation is 1. The number of thioether (sulfide) groups is 1. The molecule has 0 heterocycles. The monoisotopic (exact) mass is 322 g/mol. The lowest BCUT2D eigenvalue weighted by Crippen LogP contribution is -1.87. The zero-order valence-electron chi connectivity index (χ0n) is 14.6. The summed E-state index contributed by atoms with van der Waals surface area (Å²) in [7, 11) is 0. The van der Waals surface area contributed by atoms with Crippen molar-refractivity contribution >= 4 is 11.8 Å². The molecule has 0 amide bonds. The smallest absolute Gasteiger partial charge is 0.118 e. The number of benzene rings is 1. The molecule has 0 spiro atoms. The van der Waals surface area contributed by atoms with E-state index >= 15 is 0 Å². The van der Waals surface area contributed by atoms with Gasteiger partial charge in [0.15, 0.2) is 0 Å². The zero-order valence-corrected chi connectivity index (χ0v) is 15.4. The number of rotatable bonds is 13. The predicted octanol–water partition coefficient (Wildman–Crippen LogP) is 6.85. The largest absolute Gasteiger partial charge is 0.508 e. The van der Waals surface area contributed by atoms with E-state index in [0.29, 0.717) is 5.75 Å². The second-order valence-corrected chi connectivity index (χ2v) is 7.46. The number of aromatic hydroxyl groups is 1. The van der Waals surface area contributed by atoms with Crippen LogP contribution in [-0.2, 0) is 5.75 Å². The quantitative estimate of drug-likeness (QED) is 0.400. The zero-order chi connectivity index (χ0) is 16.0. The molecule has 0 fully saturated rings. The minimum Gasteiger partial charge on any atom is -0.508 e. The first-order valence-corrected chi connectivity index (χ1v) is 10.3. The lowest BCUT2D eigenvalue weighted by Gasteiger charge is -2.05. The summed E-state index contributed by atoms with van der Waals surface area (Å²) in [5.41, 5.74) is 2.31. The van der Waals surface area contributed by atoms with Crippen molar-refractivity contribution in [2.75, 3.05) is 5.75 Å². The highest BCUT2D eigenvalue weighted by Crippen LogP contribution is 2.21. The topological polar surface area (TPSA) is 20.2 Å². The summed E-state index contributed by atoms with van der Waals surface area (Å²) in [6.45, 7) is 4.24. The van der Waals surface area contributed by atoms with Crippen molar-refractivity contribution < 1.29 is 5.11 Å². The molecule has 0 aliphatic heterocycles. The highest BCUT2D eigenvalue weighted by Gasteiger charge is 1.99. The van der Waals surface area contributed by atoms with Gasteiger partial charge in [-0.05, 0) is 36.3 Å². The maximum absolute atomic E-state index is 9.51. The van der Waals surface area contributed by atoms with Crippen molar-refractivity contribution in [1.82, 2.24) is 0 Å². The summed E-state index contributed by atoms with van der Waals surface area (Å²) in [6, 6.07) is 5.94. The van der Waals surface area contributed by atoms with E-state index in [1.165, 1.54) is 75.5 Å². The van der Waals surface area contributed by atoms with Crippen molar-refractivity contribution in [3.8, 4) is 5.75 Å². The molecule has 0 unspecified atom stereocenters. The molecule has 1 nitrogen and oxygen atoms in total. The fourth-order valence-electron chi connectivity index (χ4n) is 2.69. The Morgan fingerprint density at radius 2 is 1.45 bits per heavy atom. The number of phenols is 1. The maximum atomic E-state index is 9.51. The van der Waals surface area contributed by atoms with Gasteiger partial charge in [-0.3, -0.25) is 0 Å². The first-order valence-electron chi connectivity index (χ1n) is 9.10. The third-order valence-corrected chi connectivity index (χ3v) is 5.29. The molecule has 0 saturated carbocycles. The Balaban J connectivity index is 1.88. The van der Waals surface area contributed by atoms with E-state index in [1.807, 2.05) is 30.8 Å². The van der Waals surface area contributed by atoms with Crippen molar-refractivity contribution in [3.63, 3.8) is 0 Å². The second kappa shape index (κ2) is 12.9. The van der Waals surface area contributed by atoms with Crippen molar-refractivity contribution in [2.45, 2.75) is 83.8 Å². The summed E-state index contributed by atoms with van der Waals surface area (Å²) in [5.74, 6) is 2.73. The van der Waals surface area contributed by atoms with Crippen molar-refractivity contribution in [1.29, 1.82) is 0 Å². The SMILES string of the molecule is CCCCCCCCCCCCSCc1ccc(O)c(C)c1. The van der Waals surface area contributed by atoms with E-state index in [4.69, 9.17) is 0 Å². The Kier molecular flexibility index (Phi) is 11.4. The van der Waals surface area contributed by atoms with Gasteiger partial charge in [0, 0.05) is 5.75 Å². The standard InChI is InChI=1S/C20H34OS/c1-3-4-5-6-7-8-9-10-11-12-15-22-17-19-13-14-20(21)18(2)16-19/h13-14,16,21H,3-12,15,17H2,1-2H3. The lowest BCUT2D eigenvalue weighted by molar-refractivity contribution is 0.471. The van der Waals surface area contributed by atoms with Crippen LogP contribution in [0, 0.1) is 6.92 Å². The molecule has 1 aromatic carbocycles. The van der Waals surface area contributed by atoms with Gasteiger partial charge >= 0.3 is 0 Å². The maximum Gasteiger partial charge on any atom is 0.118 e. The summed E-state index contributed by atoms with van der Waals surface area (Å²) in [6.07, 6.45) is 14.1. The van der Waals surface area contributed by atoms with Gasteiger partial charge in [-0.15, -0.1) is 0 Å². The molecule has 0 radical (unpaired) electrons. The molecule has 22 heavy (non-hydrogen) atoms. The molecule has 0 aliphatic rings. The molecular formula is C20H34OS. The highest BCUT2D eigenvalue weighted by molar-refractivity contribution is 7.98. The Hall–Kier alpha value is -0.630. The van der Waals surface area contributed by atoms with Crippen LogP contribution in [0.3, 0.4) is 0 Å². The minimum absolute atomic E-state index is 0.406. The molecule has 1 rings (SSSR count). The van der Waals surface area contributed by atoms with Crippen LogP contribution in [-0.4, -0.2) is 10.9 Å². The summed E-state index contributed by atoms with van der Waals surface area (Å²) in [4.78, 5) is 0. The first kappa shape index (κ1) is 19.4. The normalized spacial score (nSPS) is 11.0. The first-order chi connectivity index (χ1) is 10.7. The summed E-state index contributed by atoms with van der Waals surface area (Å²) >= 11 is 2.02. The molecule has 126 valence electrons. The van der Waals surface area contributed by atoms with Crippen molar-refractivity contribution in [2.24, 2.45) is 0 Å². The van der Waals surface area contributed by atoms with E-state index in [9.17, 15) is 5.11 Å². The Labute approximate surface area is 141 Å². The van der Waals surface area contributed by atoms with E-state index in [2.05, 4.69) is 13.0 Å². The van der Waals surface area contributed by atoms with Crippen LogP contribution in [0.15, 0.2) is 18.2 Å². The summed E-state index contributed by atoms with van der Waals surface area (Å²) in [5, 5.41) is 9.51. The summed E-state index contributed by atoms with van der Waals surface area (Å²) < 4.78 is 0. The van der Waals surface area contributed by atoms with Gasteiger partial charge in [-0.2, -0.15) is 11.8 Å². The number of phenolic OH excluding ortho intramolecular Hbond substituents is 1. The Bertz CT molecular complexity index is 389. The van der Waals surface area contributed by atoms with Gasteiger partial charge in [-0.25, -0.2) is 0 Å². The number of unbranched alkanes of at least 4 members (excludes halogenated alkanes) is 9. The van der Waals surface area contributed by atoms with Gasteiger partial charge < -0.3 is 5.11 Å². The average Bonchev–Trinajstić information content (AvgIpc) is 2.52. The van der Waals surface area contributed by atoms with Crippen LogP contribution in [0.1, 0.15) is 82.3 Å². The third kappa shape index (κ3) is 9.40. The molecule has 0 saturated heterocycles. The van der Waals surface area contributed by atoms with E-state index in [1.54, 1.807) is 0 Å². The van der Waals surface area contributed by atoms with E-state index in [0.717, 1.165) is 11.3 Å². The van der Waals surface area contributed by atoms with Crippen molar-refractivity contribution in [3.05, 3.63) is 29.3 Å². The number of hydrogen-bond acceptors (Lipinski definition) is 2. The van der Waals surface area contributed by atoms with Crippen LogP contribution in [0.4, 0.5) is 0 Å². The molecule has 2 heteroatoms. The predicted molar refractivity (Wildman–Crippen MR) is 101 cm³/mol. The molecule has 0 atom stereocenters. The number of hydrogen-bond donors (Lipinski definition) is 1. The second-order valence-electron chi connectivity index (χ2n) is 6.36. The van der Waals surface area contributed by atoms with Gasteiger partial charge in [0.25, 0.3) is 0 Å². The van der Waals surface area contributed by atoms with Gasteiger partial charge in [0.05, 0.1) is 0 Å². The third-order valence-electron chi connectivity index (χ3n) is 4.17. The fourth-order valence-corrected chi connectivity index (χ4v) is 3.66. The van der Waals surface area contributed by atoms with E-state index in [-0.39, 0.29) is 0 Å². The van der Waals surface area contributed by atoms with Crippen LogP contribution in [0.2, 0.25) is 0 Å². The van der Waals surface area contributed by atoms with Crippen LogP contribution < -0.4 is 0 Å². The minimum atomic E-state index is 0.406. The van der Waals surface area contributed by atoms with Crippen LogP contribution in [0.5, 0.6) is 5.75 Å².